The maximum atomic E-state index is 13.9. The van der Waals surface area contributed by atoms with Gasteiger partial charge in [0.15, 0.2) is 0 Å². The fraction of sp³-hybridized carbons (Fsp3) is 0.350. The van der Waals surface area contributed by atoms with E-state index < -0.39 is 0 Å². The normalized spacial score (nSPS) is 14.9. The average Bonchev–Trinajstić information content (AvgIpc) is 2.61. The molecular weight excluding hydrogens is 319 g/mol. The van der Waals surface area contributed by atoms with Crippen molar-refractivity contribution in [2.45, 2.75) is 19.8 Å². The zero-order valence-corrected chi connectivity index (χ0v) is 14.6. The van der Waals surface area contributed by atoms with Crippen LogP contribution in [0.25, 0.3) is 0 Å². The molecule has 132 valence electrons. The molecule has 0 unspecified atom stereocenters. The Balaban J connectivity index is 1.69. The molecule has 0 radical (unpaired) electrons. The third-order valence-corrected chi connectivity index (χ3v) is 4.68. The number of piperazine rings is 1. The second-order valence-electron chi connectivity index (χ2n) is 6.66. The number of halogens is 1. The number of carbonyl (C=O) groups is 1. The Morgan fingerprint density at radius 3 is 2.36 bits per heavy atom. The molecule has 1 saturated heterocycles. The van der Waals surface area contributed by atoms with Crippen LogP contribution < -0.4 is 4.90 Å². The van der Waals surface area contributed by atoms with Gasteiger partial charge in [-0.3, -0.25) is 4.79 Å². The Morgan fingerprint density at radius 1 is 1.08 bits per heavy atom. The highest BCUT2D eigenvalue weighted by atomic mass is 19.1. The van der Waals surface area contributed by atoms with Crippen LogP contribution in [0.3, 0.4) is 0 Å². The molecule has 5 heteroatoms. The molecule has 1 aliphatic rings. The zero-order chi connectivity index (χ0) is 18.0. The number of amides is 1. The second kappa shape index (κ2) is 7.13. The molecule has 1 amide bonds. The number of para-hydroxylation sites is 1. The van der Waals surface area contributed by atoms with E-state index in [1.165, 1.54) is 6.07 Å². The van der Waals surface area contributed by atoms with E-state index in [1.807, 2.05) is 30.9 Å². The van der Waals surface area contributed by atoms with E-state index in [-0.39, 0.29) is 17.5 Å². The summed E-state index contributed by atoms with van der Waals surface area (Å²) in [6.45, 7) is 6.21. The molecule has 1 aliphatic heterocycles. The number of benzene rings is 2. The Labute approximate surface area is 147 Å². The fourth-order valence-corrected chi connectivity index (χ4v) is 3.12. The smallest absolute Gasteiger partial charge is 0.257 e. The van der Waals surface area contributed by atoms with Crippen molar-refractivity contribution in [3.05, 3.63) is 59.4 Å². The summed E-state index contributed by atoms with van der Waals surface area (Å²) in [7, 11) is 0. The van der Waals surface area contributed by atoms with Gasteiger partial charge < -0.3 is 14.9 Å². The van der Waals surface area contributed by atoms with E-state index in [9.17, 15) is 14.3 Å². The number of hydrogen-bond acceptors (Lipinski definition) is 3. The number of anilines is 1. The Hall–Kier alpha value is -2.56. The number of carbonyl (C=O) groups excluding carboxylic acids is 1. The van der Waals surface area contributed by atoms with Crippen molar-refractivity contribution >= 4 is 11.6 Å². The van der Waals surface area contributed by atoms with Crippen LogP contribution >= 0.6 is 0 Å². The largest absolute Gasteiger partial charge is 0.507 e. The minimum Gasteiger partial charge on any atom is -0.507 e. The average molecular weight is 342 g/mol. The summed E-state index contributed by atoms with van der Waals surface area (Å²) >= 11 is 0. The summed E-state index contributed by atoms with van der Waals surface area (Å²) in [5.74, 6) is -0.114. The number of aromatic hydroxyl groups is 1. The van der Waals surface area contributed by atoms with Crippen LogP contribution in [0.15, 0.2) is 42.5 Å². The van der Waals surface area contributed by atoms with Crippen LogP contribution in [0, 0.1) is 5.82 Å². The van der Waals surface area contributed by atoms with Gasteiger partial charge in [0, 0.05) is 26.2 Å². The van der Waals surface area contributed by atoms with Crippen molar-refractivity contribution < 1.29 is 14.3 Å². The van der Waals surface area contributed by atoms with Gasteiger partial charge in [0.2, 0.25) is 0 Å². The van der Waals surface area contributed by atoms with Gasteiger partial charge in [-0.25, -0.2) is 4.39 Å². The van der Waals surface area contributed by atoms with Crippen molar-refractivity contribution in [1.82, 2.24) is 4.90 Å². The number of nitrogens with zero attached hydrogens (tertiary/aromatic N) is 2. The van der Waals surface area contributed by atoms with Crippen molar-refractivity contribution in [2.75, 3.05) is 31.1 Å². The lowest BCUT2D eigenvalue weighted by molar-refractivity contribution is 0.0743. The molecule has 4 nitrogen and oxygen atoms in total. The Morgan fingerprint density at radius 2 is 1.76 bits per heavy atom. The minimum absolute atomic E-state index is 0.0210. The lowest BCUT2D eigenvalue weighted by Gasteiger charge is -2.36. The Bertz CT molecular complexity index is 768. The number of rotatable bonds is 3. The van der Waals surface area contributed by atoms with E-state index in [4.69, 9.17) is 0 Å². The van der Waals surface area contributed by atoms with Crippen molar-refractivity contribution in [2.24, 2.45) is 0 Å². The van der Waals surface area contributed by atoms with Gasteiger partial charge in [-0.1, -0.05) is 32.0 Å². The van der Waals surface area contributed by atoms with Crippen LogP contribution in [-0.4, -0.2) is 42.1 Å². The Kier molecular flexibility index (Phi) is 4.93. The molecule has 1 fully saturated rings. The molecule has 25 heavy (non-hydrogen) atoms. The SMILES string of the molecule is CC(C)c1ccc(C(=O)N2CCN(c3ccccc3F)CC2)c(O)c1. The van der Waals surface area contributed by atoms with Gasteiger partial charge in [-0.15, -0.1) is 0 Å². The van der Waals surface area contributed by atoms with E-state index >= 15 is 0 Å². The molecule has 0 saturated carbocycles. The highest BCUT2D eigenvalue weighted by Crippen LogP contribution is 2.26. The number of hydrogen-bond donors (Lipinski definition) is 1. The van der Waals surface area contributed by atoms with Gasteiger partial charge in [0.25, 0.3) is 5.91 Å². The summed E-state index contributed by atoms with van der Waals surface area (Å²) < 4.78 is 13.9. The van der Waals surface area contributed by atoms with Gasteiger partial charge in [0.05, 0.1) is 11.3 Å². The summed E-state index contributed by atoms with van der Waals surface area (Å²) in [5, 5.41) is 10.2. The van der Waals surface area contributed by atoms with Crippen LogP contribution in [0.2, 0.25) is 0 Å². The number of phenols is 1. The second-order valence-corrected chi connectivity index (χ2v) is 6.66. The van der Waals surface area contributed by atoms with Crippen LogP contribution in [0.1, 0.15) is 35.7 Å². The lowest BCUT2D eigenvalue weighted by atomic mass is 10.0. The molecule has 0 bridgehead atoms. The predicted molar refractivity (Wildman–Crippen MR) is 96.7 cm³/mol. The van der Waals surface area contributed by atoms with Crippen LogP contribution in [0.4, 0.5) is 10.1 Å². The van der Waals surface area contributed by atoms with E-state index in [1.54, 1.807) is 29.2 Å². The molecule has 0 aliphatic carbocycles. The van der Waals surface area contributed by atoms with Crippen LogP contribution in [-0.2, 0) is 0 Å². The minimum atomic E-state index is -0.246. The lowest BCUT2D eigenvalue weighted by Crippen LogP contribution is -2.49. The van der Waals surface area contributed by atoms with E-state index in [2.05, 4.69) is 0 Å². The molecule has 2 aromatic rings. The van der Waals surface area contributed by atoms with Crippen LogP contribution in [0.5, 0.6) is 5.75 Å². The first-order valence-electron chi connectivity index (χ1n) is 8.59. The molecule has 3 rings (SSSR count). The molecule has 0 spiro atoms. The molecule has 2 aromatic carbocycles. The monoisotopic (exact) mass is 342 g/mol. The van der Waals surface area contributed by atoms with E-state index in [0.29, 0.717) is 43.3 Å². The highest BCUT2D eigenvalue weighted by molar-refractivity contribution is 5.97. The van der Waals surface area contributed by atoms with Gasteiger partial charge >= 0.3 is 0 Å². The molecule has 0 aromatic heterocycles. The van der Waals surface area contributed by atoms with Gasteiger partial charge in [-0.05, 0) is 35.7 Å². The highest BCUT2D eigenvalue weighted by Gasteiger charge is 2.25. The first kappa shape index (κ1) is 17.3. The van der Waals surface area contributed by atoms with Gasteiger partial charge in [0.1, 0.15) is 11.6 Å². The molecule has 1 heterocycles. The quantitative estimate of drug-likeness (QED) is 0.926. The summed E-state index contributed by atoms with van der Waals surface area (Å²) in [4.78, 5) is 16.3. The van der Waals surface area contributed by atoms with Crippen molar-refractivity contribution in [1.29, 1.82) is 0 Å². The zero-order valence-electron chi connectivity index (χ0n) is 14.6. The molecule has 0 atom stereocenters. The predicted octanol–water partition coefficient (Wildman–Crippen LogP) is 3.62. The maximum absolute atomic E-state index is 13.9. The standard InChI is InChI=1S/C20H23FN2O2/c1-14(2)15-7-8-16(19(24)13-15)20(25)23-11-9-22(10-12-23)18-6-4-3-5-17(18)21/h3-8,13-14,24H,9-12H2,1-2H3. The van der Waals surface area contributed by atoms with Crippen molar-refractivity contribution in [3.8, 4) is 5.75 Å². The topological polar surface area (TPSA) is 43.8 Å². The first-order chi connectivity index (χ1) is 12.0. The van der Waals surface area contributed by atoms with Crippen molar-refractivity contribution in [3.63, 3.8) is 0 Å². The third kappa shape index (κ3) is 3.60. The molecular formula is C20H23FN2O2. The van der Waals surface area contributed by atoms with Gasteiger partial charge in [-0.2, -0.15) is 0 Å². The summed E-state index contributed by atoms with van der Waals surface area (Å²) in [6, 6.07) is 11.9. The maximum Gasteiger partial charge on any atom is 0.257 e. The van der Waals surface area contributed by atoms with E-state index in [0.717, 1.165) is 5.56 Å². The number of phenolic OH excluding ortho intramolecular Hbond substituents is 1. The summed E-state index contributed by atoms with van der Waals surface area (Å²) in [6.07, 6.45) is 0. The summed E-state index contributed by atoms with van der Waals surface area (Å²) in [5.41, 5.74) is 1.89. The third-order valence-electron chi connectivity index (χ3n) is 4.68. The molecule has 1 N–H and O–H groups in total. The fourth-order valence-electron chi connectivity index (χ4n) is 3.12. The first-order valence-corrected chi connectivity index (χ1v) is 8.59.